The summed E-state index contributed by atoms with van der Waals surface area (Å²) in [5, 5.41) is 10.1. The van der Waals surface area contributed by atoms with E-state index in [4.69, 9.17) is 0 Å². The maximum atomic E-state index is 13.5. The number of rotatable bonds is 6. The number of benzene rings is 1. The van der Waals surface area contributed by atoms with E-state index in [1.54, 1.807) is 0 Å². The Bertz CT molecular complexity index is 547. The van der Waals surface area contributed by atoms with Gasteiger partial charge in [0, 0.05) is 0 Å². The van der Waals surface area contributed by atoms with E-state index in [1.807, 2.05) is 13.8 Å². The topological polar surface area (TPSA) is 20.2 Å². The Morgan fingerprint density at radius 2 is 1.42 bits per heavy atom. The third kappa shape index (κ3) is 4.02. The molecule has 0 bridgehead atoms. The van der Waals surface area contributed by atoms with Crippen LogP contribution >= 0.6 is 0 Å². The fraction of sp³-hybridized carbons (Fsp3) is 0.625. The van der Waals surface area contributed by atoms with Gasteiger partial charge in [0.2, 0.25) is 0 Å². The number of halogens is 7. The van der Waals surface area contributed by atoms with Crippen LogP contribution in [-0.4, -0.2) is 23.1 Å². The van der Waals surface area contributed by atoms with E-state index in [2.05, 4.69) is 0 Å². The van der Waals surface area contributed by atoms with E-state index in [0.717, 1.165) is 18.9 Å². The van der Waals surface area contributed by atoms with E-state index in [-0.39, 0.29) is 11.5 Å². The average molecular weight is 360 g/mol. The van der Waals surface area contributed by atoms with Crippen LogP contribution in [0.25, 0.3) is 0 Å². The molecule has 1 N–H and O–H groups in total. The van der Waals surface area contributed by atoms with Gasteiger partial charge in [-0.3, -0.25) is 0 Å². The molecule has 2 unspecified atom stereocenters. The molecule has 138 valence electrons. The van der Waals surface area contributed by atoms with Crippen LogP contribution in [0.1, 0.15) is 50.7 Å². The highest BCUT2D eigenvalue weighted by atomic mass is 19.4. The first-order chi connectivity index (χ1) is 10.7. The van der Waals surface area contributed by atoms with Crippen LogP contribution in [0.15, 0.2) is 24.3 Å². The van der Waals surface area contributed by atoms with Gasteiger partial charge in [-0.15, -0.1) is 0 Å². The summed E-state index contributed by atoms with van der Waals surface area (Å²) in [6, 6.07) is 5.56. The molecular formula is C16H19F7O. The van der Waals surface area contributed by atoms with Crippen molar-refractivity contribution in [3.63, 3.8) is 0 Å². The quantitative estimate of drug-likeness (QED) is 0.652. The van der Waals surface area contributed by atoms with Gasteiger partial charge >= 0.3 is 18.0 Å². The minimum absolute atomic E-state index is 0.153. The van der Waals surface area contributed by atoms with Crippen molar-refractivity contribution in [2.45, 2.75) is 63.2 Å². The zero-order valence-corrected chi connectivity index (χ0v) is 13.4. The molecule has 1 rings (SSSR count). The van der Waals surface area contributed by atoms with Crippen molar-refractivity contribution in [3.05, 3.63) is 35.4 Å². The molecule has 0 radical (unpaired) electrons. The van der Waals surface area contributed by atoms with E-state index < -0.39 is 30.0 Å². The summed E-state index contributed by atoms with van der Waals surface area (Å²) in [6.45, 7) is 4.62. The van der Waals surface area contributed by atoms with Crippen LogP contribution in [0.4, 0.5) is 30.7 Å². The molecule has 0 heterocycles. The van der Waals surface area contributed by atoms with Gasteiger partial charge in [0.25, 0.3) is 0 Å². The highest BCUT2D eigenvalue weighted by Crippen LogP contribution is 2.50. The lowest BCUT2D eigenvalue weighted by Gasteiger charge is -2.34. The monoisotopic (exact) mass is 360 g/mol. The Kier molecular flexibility index (Phi) is 5.65. The SMILES string of the molecule is CCC(C)c1ccc(C(C)(O)CC(F)(F)C(F)(F)C(F)(F)F)cc1. The van der Waals surface area contributed by atoms with Gasteiger partial charge in [-0.1, -0.05) is 38.1 Å². The third-order valence-corrected chi connectivity index (χ3v) is 4.10. The minimum Gasteiger partial charge on any atom is -0.385 e. The summed E-state index contributed by atoms with van der Waals surface area (Å²) in [7, 11) is 0. The van der Waals surface area contributed by atoms with Crippen LogP contribution < -0.4 is 0 Å². The first-order valence-electron chi connectivity index (χ1n) is 7.31. The molecule has 0 aliphatic carbocycles. The lowest BCUT2D eigenvalue weighted by molar-refractivity contribution is -0.361. The maximum Gasteiger partial charge on any atom is 0.459 e. The Labute approximate surface area is 135 Å². The molecule has 1 nitrogen and oxygen atoms in total. The van der Waals surface area contributed by atoms with Gasteiger partial charge in [0.15, 0.2) is 0 Å². The summed E-state index contributed by atoms with van der Waals surface area (Å²) in [6.07, 6.45) is -7.67. The van der Waals surface area contributed by atoms with Gasteiger partial charge in [-0.2, -0.15) is 30.7 Å². The van der Waals surface area contributed by atoms with E-state index >= 15 is 0 Å². The first kappa shape index (κ1) is 20.7. The van der Waals surface area contributed by atoms with E-state index in [0.29, 0.717) is 0 Å². The normalized spacial score (nSPS) is 17.5. The predicted octanol–water partition coefficient (Wildman–Crippen LogP) is 5.63. The van der Waals surface area contributed by atoms with Crippen molar-refractivity contribution in [1.29, 1.82) is 0 Å². The molecule has 24 heavy (non-hydrogen) atoms. The number of hydrogen-bond acceptors (Lipinski definition) is 1. The Hall–Kier alpha value is -1.31. The van der Waals surface area contributed by atoms with Crippen molar-refractivity contribution in [2.75, 3.05) is 0 Å². The fourth-order valence-electron chi connectivity index (χ4n) is 2.26. The van der Waals surface area contributed by atoms with Crippen molar-refractivity contribution in [2.24, 2.45) is 0 Å². The van der Waals surface area contributed by atoms with Gasteiger partial charge < -0.3 is 5.11 Å². The standard InChI is InChI=1S/C16H19F7O/c1-4-10(2)11-5-7-12(8-6-11)13(3,24)9-14(17,18)15(19,20)16(21,22)23/h5-8,10,24H,4,9H2,1-3H3. The van der Waals surface area contributed by atoms with Gasteiger partial charge in [-0.05, 0) is 30.4 Å². The molecule has 0 amide bonds. The summed E-state index contributed by atoms with van der Waals surface area (Å²) >= 11 is 0. The molecule has 1 aromatic rings. The second-order valence-corrected chi connectivity index (χ2v) is 6.16. The predicted molar refractivity (Wildman–Crippen MR) is 75.3 cm³/mol. The largest absolute Gasteiger partial charge is 0.459 e. The molecule has 0 saturated carbocycles. The number of hydrogen-bond donors (Lipinski definition) is 1. The lowest BCUT2D eigenvalue weighted by Crippen LogP contribution is -2.54. The molecule has 0 fully saturated rings. The van der Waals surface area contributed by atoms with Crippen LogP contribution in [0.2, 0.25) is 0 Å². The Morgan fingerprint density at radius 1 is 0.958 bits per heavy atom. The highest BCUT2D eigenvalue weighted by molar-refractivity contribution is 5.29. The zero-order valence-electron chi connectivity index (χ0n) is 13.4. The smallest absolute Gasteiger partial charge is 0.385 e. The number of aliphatic hydroxyl groups is 1. The maximum absolute atomic E-state index is 13.5. The molecule has 0 aliphatic heterocycles. The van der Waals surface area contributed by atoms with E-state index in [9.17, 15) is 35.8 Å². The van der Waals surface area contributed by atoms with Gasteiger partial charge in [-0.25, -0.2) is 0 Å². The summed E-state index contributed by atoms with van der Waals surface area (Å²) < 4.78 is 89.5. The molecular weight excluding hydrogens is 341 g/mol. The van der Waals surface area contributed by atoms with Crippen molar-refractivity contribution < 1.29 is 35.8 Å². The molecule has 0 aliphatic rings. The molecule has 0 saturated heterocycles. The van der Waals surface area contributed by atoms with Crippen LogP contribution in [0.5, 0.6) is 0 Å². The molecule has 0 spiro atoms. The minimum atomic E-state index is -6.41. The van der Waals surface area contributed by atoms with Crippen molar-refractivity contribution in [1.82, 2.24) is 0 Å². The van der Waals surface area contributed by atoms with Crippen LogP contribution in [0.3, 0.4) is 0 Å². The van der Waals surface area contributed by atoms with Crippen LogP contribution in [0, 0.1) is 0 Å². The lowest BCUT2D eigenvalue weighted by atomic mass is 9.86. The second kappa shape index (κ2) is 6.54. The van der Waals surface area contributed by atoms with Gasteiger partial charge in [0.05, 0.1) is 12.0 Å². The molecule has 8 heteroatoms. The second-order valence-electron chi connectivity index (χ2n) is 6.16. The fourth-order valence-corrected chi connectivity index (χ4v) is 2.26. The molecule has 1 aromatic carbocycles. The summed E-state index contributed by atoms with van der Waals surface area (Å²) in [5.41, 5.74) is -1.87. The summed E-state index contributed by atoms with van der Waals surface area (Å²) in [5.74, 6) is -11.5. The Balaban J connectivity index is 3.08. The molecule has 0 aromatic heterocycles. The summed E-state index contributed by atoms with van der Waals surface area (Å²) in [4.78, 5) is 0. The van der Waals surface area contributed by atoms with Crippen molar-refractivity contribution >= 4 is 0 Å². The zero-order chi connectivity index (χ0) is 19.0. The number of alkyl halides is 7. The first-order valence-corrected chi connectivity index (χ1v) is 7.31. The average Bonchev–Trinajstić information content (AvgIpc) is 2.44. The third-order valence-electron chi connectivity index (χ3n) is 4.10. The highest BCUT2D eigenvalue weighted by Gasteiger charge is 2.73. The molecule has 2 atom stereocenters. The van der Waals surface area contributed by atoms with Gasteiger partial charge in [0.1, 0.15) is 0 Å². The van der Waals surface area contributed by atoms with Crippen molar-refractivity contribution in [3.8, 4) is 0 Å². The Morgan fingerprint density at radius 3 is 1.79 bits per heavy atom. The van der Waals surface area contributed by atoms with E-state index in [1.165, 1.54) is 24.3 Å². The van der Waals surface area contributed by atoms with Crippen LogP contribution in [-0.2, 0) is 5.60 Å².